The second kappa shape index (κ2) is 7.50. The number of halogens is 1. The van der Waals surface area contributed by atoms with Crippen LogP contribution < -0.4 is 11.1 Å². The third-order valence-electron chi connectivity index (χ3n) is 2.77. The Kier molecular flexibility index (Phi) is 6.00. The molecule has 0 saturated carbocycles. The standard InChI is InChI=1S/C12H16FN3O5/c1-20-6-7(21-2)5-15-12(17)10-8(13)3-4-9(11(10)14)16(18)19/h3-4,7H,5-6,14H2,1-2H3,(H,15,17). The minimum atomic E-state index is -0.934. The van der Waals surface area contributed by atoms with Crippen LogP contribution in [0.4, 0.5) is 15.8 Å². The number of hydrogen-bond donors (Lipinski definition) is 2. The number of hydrogen-bond acceptors (Lipinski definition) is 6. The fourth-order valence-electron chi connectivity index (χ4n) is 1.66. The summed E-state index contributed by atoms with van der Waals surface area (Å²) in [6.07, 6.45) is -0.429. The first kappa shape index (κ1) is 16.8. The monoisotopic (exact) mass is 301 g/mol. The number of ether oxygens (including phenoxy) is 2. The van der Waals surface area contributed by atoms with Gasteiger partial charge in [-0.2, -0.15) is 0 Å². The molecule has 0 bridgehead atoms. The lowest BCUT2D eigenvalue weighted by atomic mass is 10.1. The van der Waals surface area contributed by atoms with Crippen molar-refractivity contribution in [1.82, 2.24) is 5.32 Å². The fourth-order valence-corrected chi connectivity index (χ4v) is 1.66. The van der Waals surface area contributed by atoms with Gasteiger partial charge < -0.3 is 20.5 Å². The van der Waals surface area contributed by atoms with Crippen LogP contribution in [0.15, 0.2) is 12.1 Å². The number of carbonyl (C=O) groups excluding carboxylic acids is 1. The molecule has 0 radical (unpaired) electrons. The van der Waals surface area contributed by atoms with E-state index < -0.39 is 39.7 Å². The average molecular weight is 301 g/mol. The predicted molar refractivity (Wildman–Crippen MR) is 72.5 cm³/mol. The van der Waals surface area contributed by atoms with Gasteiger partial charge in [-0.1, -0.05) is 0 Å². The fraction of sp³-hybridized carbons (Fsp3) is 0.417. The summed E-state index contributed by atoms with van der Waals surface area (Å²) in [7, 11) is 2.89. The number of nitro benzene ring substituents is 1. The molecule has 116 valence electrons. The molecule has 0 aliphatic rings. The van der Waals surface area contributed by atoms with E-state index in [0.29, 0.717) is 0 Å². The zero-order valence-electron chi connectivity index (χ0n) is 11.6. The third-order valence-corrected chi connectivity index (χ3v) is 2.77. The van der Waals surface area contributed by atoms with E-state index in [1.165, 1.54) is 14.2 Å². The number of nitrogens with one attached hydrogen (secondary N) is 1. The summed E-state index contributed by atoms with van der Waals surface area (Å²) in [6.45, 7) is 0.272. The number of amides is 1. The predicted octanol–water partition coefficient (Wildman–Crippen LogP) is 0.707. The van der Waals surface area contributed by atoms with Gasteiger partial charge in [0.15, 0.2) is 0 Å². The van der Waals surface area contributed by atoms with Gasteiger partial charge in [0.2, 0.25) is 0 Å². The number of rotatable bonds is 7. The zero-order valence-corrected chi connectivity index (χ0v) is 11.6. The van der Waals surface area contributed by atoms with Crippen molar-refractivity contribution in [3.05, 3.63) is 33.6 Å². The lowest BCUT2D eigenvalue weighted by molar-refractivity contribution is -0.384. The Labute approximate surface area is 120 Å². The molecule has 21 heavy (non-hydrogen) atoms. The van der Waals surface area contributed by atoms with Crippen LogP contribution >= 0.6 is 0 Å². The Morgan fingerprint density at radius 1 is 1.52 bits per heavy atom. The van der Waals surface area contributed by atoms with Crippen molar-refractivity contribution < 1.29 is 23.6 Å². The summed E-state index contributed by atoms with van der Waals surface area (Å²) < 4.78 is 23.6. The maximum atomic E-state index is 13.7. The molecule has 0 aliphatic heterocycles. The smallest absolute Gasteiger partial charge is 0.293 e. The van der Waals surface area contributed by atoms with Gasteiger partial charge in [-0.15, -0.1) is 0 Å². The number of nitro groups is 1. The second-order valence-corrected chi connectivity index (χ2v) is 4.14. The number of carbonyl (C=O) groups is 1. The number of nitrogen functional groups attached to an aromatic ring is 1. The minimum Gasteiger partial charge on any atom is -0.392 e. The summed E-state index contributed by atoms with van der Waals surface area (Å²) in [5.41, 5.74) is 3.88. The first-order valence-corrected chi connectivity index (χ1v) is 5.94. The Hall–Kier alpha value is -2.26. The quantitative estimate of drug-likeness (QED) is 0.435. The highest BCUT2D eigenvalue weighted by Gasteiger charge is 2.24. The molecule has 8 nitrogen and oxygen atoms in total. The zero-order chi connectivity index (χ0) is 16.0. The molecule has 1 rings (SSSR count). The van der Waals surface area contributed by atoms with E-state index in [2.05, 4.69) is 5.32 Å². The molecule has 0 spiro atoms. The van der Waals surface area contributed by atoms with Gasteiger partial charge in [-0.3, -0.25) is 14.9 Å². The van der Waals surface area contributed by atoms with Gasteiger partial charge in [0.25, 0.3) is 11.6 Å². The van der Waals surface area contributed by atoms with E-state index in [1.807, 2.05) is 0 Å². The largest absolute Gasteiger partial charge is 0.392 e. The molecule has 9 heteroatoms. The van der Waals surface area contributed by atoms with Crippen molar-refractivity contribution >= 4 is 17.3 Å². The Morgan fingerprint density at radius 3 is 2.71 bits per heavy atom. The molecule has 1 aromatic rings. The van der Waals surface area contributed by atoms with E-state index >= 15 is 0 Å². The molecule has 0 saturated heterocycles. The molecular formula is C12H16FN3O5. The van der Waals surface area contributed by atoms with Gasteiger partial charge in [0, 0.05) is 26.8 Å². The van der Waals surface area contributed by atoms with E-state index in [-0.39, 0.29) is 13.2 Å². The Bertz CT molecular complexity index is 538. The molecule has 1 atom stereocenters. The number of methoxy groups -OCH3 is 2. The first-order chi connectivity index (χ1) is 9.92. The molecule has 0 fully saturated rings. The SMILES string of the molecule is COCC(CNC(=O)c1c(F)ccc([N+](=O)[O-])c1N)OC. The van der Waals surface area contributed by atoms with Crippen LogP contribution in [-0.4, -0.2) is 44.3 Å². The highest BCUT2D eigenvalue weighted by Crippen LogP contribution is 2.27. The molecule has 3 N–H and O–H groups in total. The van der Waals surface area contributed by atoms with E-state index in [1.54, 1.807) is 0 Å². The molecule has 0 heterocycles. The van der Waals surface area contributed by atoms with Crippen molar-refractivity contribution in [1.29, 1.82) is 0 Å². The second-order valence-electron chi connectivity index (χ2n) is 4.14. The summed E-state index contributed by atoms with van der Waals surface area (Å²) in [6, 6.07) is 1.73. The van der Waals surface area contributed by atoms with Gasteiger partial charge >= 0.3 is 0 Å². The van der Waals surface area contributed by atoms with E-state index in [4.69, 9.17) is 15.2 Å². The number of nitrogens with zero attached hydrogens (tertiary/aromatic N) is 1. The molecule has 1 aromatic carbocycles. The third kappa shape index (κ3) is 4.10. The van der Waals surface area contributed by atoms with Gasteiger partial charge in [-0.05, 0) is 6.07 Å². The van der Waals surface area contributed by atoms with E-state index in [0.717, 1.165) is 12.1 Å². The van der Waals surface area contributed by atoms with Crippen LogP contribution in [0, 0.1) is 15.9 Å². The highest BCUT2D eigenvalue weighted by atomic mass is 19.1. The summed E-state index contributed by atoms with van der Waals surface area (Å²) in [5.74, 6) is -1.79. The highest BCUT2D eigenvalue weighted by molar-refractivity contribution is 6.01. The Morgan fingerprint density at radius 2 is 2.19 bits per heavy atom. The van der Waals surface area contributed by atoms with Crippen molar-refractivity contribution in [2.75, 3.05) is 33.1 Å². The van der Waals surface area contributed by atoms with Gasteiger partial charge in [0.1, 0.15) is 17.1 Å². The van der Waals surface area contributed by atoms with Crippen molar-refractivity contribution in [3.8, 4) is 0 Å². The number of nitrogens with two attached hydrogens (primary N) is 1. The normalized spacial score (nSPS) is 12.0. The minimum absolute atomic E-state index is 0.0464. The van der Waals surface area contributed by atoms with Gasteiger partial charge in [-0.25, -0.2) is 4.39 Å². The topological polar surface area (TPSA) is 117 Å². The summed E-state index contributed by atoms with van der Waals surface area (Å²) in [4.78, 5) is 21.9. The molecule has 0 aliphatic carbocycles. The molecule has 1 unspecified atom stereocenters. The number of benzene rings is 1. The van der Waals surface area contributed by atoms with Crippen LogP contribution in [0.1, 0.15) is 10.4 Å². The van der Waals surface area contributed by atoms with Crippen LogP contribution in [0.3, 0.4) is 0 Å². The number of anilines is 1. The van der Waals surface area contributed by atoms with E-state index in [9.17, 15) is 19.3 Å². The van der Waals surface area contributed by atoms with Crippen molar-refractivity contribution in [2.24, 2.45) is 0 Å². The maximum Gasteiger partial charge on any atom is 0.293 e. The summed E-state index contributed by atoms with van der Waals surface area (Å²) in [5, 5.41) is 13.1. The van der Waals surface area contributed by atoms with Gasteiger partial charge in [0.05, 0.1) is 17.6 Å². The van der Waals surface area contributed by atoms with Crippen LogP contribution in [-0.2, 0) is 9.47 Å². The van der Waals surface area contributed by atoms with Crippen LogP contribution in [0.2, 0.25) is 0 Å². The van der Waals surface area contributed by atoms with Crippen LogP contribution in [0.25, 0.3) is 0 Å². The maximum absolute atomic E-state index is 13.7. The Balaban J connectivity index is 2.92. The lowest BCUT2D eigenvalue weighted by Gasteiger charge is -2.15. The molecule has 0 aromatic heterocycles. The average Bonchev–Trinajstić information content (AvgIpc) is 2.43. The molecular weight excluding hydrogens is 285 g/mol. The lowest BCUT2D eigenvalue weighted by Crippen LogP contribution is -2.36. The molecule has 1 amide bonds. The van der Waals surface area contributed by atoms with Crippen LogP contribution in [0.5, 0.6) is 0 Å². The van der Waals surface area contributed by atoms with Crippen molar-refractivity contribution in [3.63, 3.8) is 0 Å². The summed E-state index contributed by atoms with van der Waals surface area (Å²) >= 11 is 0. The first-order valence-electron chi connectivity index (χ1n) is 5.94. The van der Waals surface area contributed by atoms with Crippen molar-refractivity contribution in [2.45, 2.75) is 6.10 Å².